The van der Waals surface area contributed by atoms with Gasteiger partial charge >= 0.3 is 0 Å². The van der Waals surface area contributed by atoms with Crippen LogP contribution >= 0.6 is 15.9 Å². The molecular formula is C15H21BrO. The number of hydrogen-bond donors (Lipinski definition) is 0. The predicted molar refractivity (Wildman–Crippen MR) is 75.9 cm³/mol. The summed E-state index contributed by atoms with van der Waals surface area (Å²) < 4.78 is 6.18. The number of halogens is 1. The Hall–Kier alpha value is -0.500. The molecule has 0 aromatic heterocycles. The zero-order chi connectivity index (χ0) is 12.1. The van der Waals surface area contributed by atoms with Crippen LogP contribution in [0.15, 0.2) is 18.2 Å². The molecule has 1 aromatic carbocycles. The van der Waals surface area contributed by atoms with Gasteiger partial charge in [0.1, 0.15) is 5.75 Å². The fraction of sp³-hybridized carbons (Fsp3) is 0.600. The van der Waals surface area contributed by atoms with Crippen molar-refractivity contribution in [3.8, 4) is 5.75 Å². The molecule has 0 radical (unpaired) electrons. The quantitative estimate of drug-likeness (QED) is 0.564. The number of alkyl halides is 1. The third kappa shape index (κ3) is 3.74. The molecule has 94 valence electrons. The molecule has 0 heterocycles. The van der Waals surface area contributed by atoms with Gasteiger partial charge in [0.2, 0.25) is 0 Å². The van der Waals surface area contributed by atoms with Crippen LogP contribution in [0, 0.1) is 6.92 Å². The lowest BCUT2D eigenvalue weighted by Crippen LogP contribution is -2.15. The molecule has 1 saturated carbocycles. The largest absolute Gasteiger partial charge is 0.490 e. The molecule has 0 saturated heterocycles. The van der Waals surface area contributed by atoms with Crippen molar-refractivity contribution < 1.29 is 4.74 Å². The zero-order valence-corrected chi connectivity index (χ0v) is 12.1. The fourth-order valence-corrected chi connectivity index (χ4v) is 2.91. The fourth-order valence-electron chi connectivity index (χ4n) is 2.47. The minimum Gasteiger partial charge on any atom is -0.490 e. The number of benzene rings is 1. The molecule has 1 fully saturated rings. The normalized spacial score (nSPS) is 17.8. The van der Waals surface area contributed by atoms with Crippen molar-refractivity contribution in [1.82, 2.24) is 0 Å². The van der Waals surface area contributed by atoms with Gasteiger partial charge in [0.15, 0.2) is 0 Å². The Morgan fingerprint density at radius 1 is 1.18 bits per heavy atom. The van der Waals surface area contributed by atoms with Gasteiger partial charge < -0.3 is 4.74 Å². The van der Waals surface area contributed by atoms with E-state index < -0.39 is 0 Å². The van der Waals surface area contributed by atoms with Crippen LogP contribution in [0.2, 0.25) is 0 Å². The van der Waals surface area contributed by atoms with Crippen LogP contribution in [0.3, 0.4) is 0 Å². The summed E-state index contributed by atoms with van der Waals surface area (Å²) in [5.41, 5.74) is 2.57. The third-order valence-electron chi connectivity index (χ3n) is 3.46. The van der Waals surface area contributed by atoms with Crippen molar-refractivity contribution in [1.29, 1.82) is 0 Å². The maximum Gasteiger partial charge on any atom is 0.123 e. The second-order valence-corrected chi connectivity index (χ2v) is 5.54. The Bertz CT molecular complexity index is 354. The van der Waals surface area contributed by atoms with E-state index in [2.05, 4.69) is 41.1 Å². The number of ether oxygens (including phenoxy) is 1. The highest BCUT2D eigenvalue weighted by atomic mass is 79.9. The summed E-state index contributed by atoms with van der Waals surface area (Å²) in [6, 6.07) is 6.47. The smallest absolute Gasteiger partial charge is 0.123 e. The van der Waals surface area contributed by atoms with Gasteiger partial charge in [-0.2, -0.15) is 0 Å². The summed E-state index contributed by atoms with van der Waals surface area (Å²) in [5.74, 6) is 1.07. The maximum atomic E-state index is 6.18. The van der Waals surface area contributed by atoms with Crippen LogP contribution in [-0.4, -0.2) is 6.10 Å². The average molecular weight is 297 g/mol. The molecule has 1 aliphatic carbocycles. The van der Waals surface area contributed by atoms with E-state index in [0.29, 0.717) is 6.10 Å². The molecule has 0 bridgehead atoms. The van der Waals surface area contributed by atoms with E-state index in [-0.39, 0.29) is 0 Å². The van der Waals surface area contributed by atoms with Crippen molar-refractivity contribution >= 4 is 15.9 Å². The van der Waals surface area contributed by atoms with Gasteiger partial charge in [-0.05, 0) is 38.7 Å². The highest BCUT2D eigenvalue weighted by Crippen LogP contribution is 2.27. The minimum absolute atomic E-state index is 0.429. The Balaban J connectivity index is 2.06. The third-order valence-corrected chi connectivity index (χ3v) is 4.06. The van der Waals surface area contributed by atoms with Crippen LogP contribution in [0.4, 0.5) is 0 Å². The van der Waals surface area contributed by atoms with Crippen LogP contribution in [0.1, 0.15) is 49.7 Å². The SMILES string of the molecule is Cc1ccc(OC2CCCCCC2)c(CBr)c1. The van der Waals surface area contributed by atoms with Crippen molar-refractivity contribution in [3.63, 3.8) is 0 Å². The first-order chi connectivity index (χ1) is 8.29. The monoisotopic (exact) mass is 296 g/mol. The second-order valence-electron chi connectivity index (χ2n) is 4.98. The number of hydrogen-bond acceptors (Lipinski definition) is 1. The molecule has 2 heteroatoms. The number of aryl methyl sites for hydroxylation is 1. The summed E-state index contributed by atoms with van der Waals surface area (Å²) in [4.78, 5) is 0. The maximum absolute atomic E-state index is 6.18. The minimum atomic E-state index is 0.429. The van der Waals surface area contributed by atoms with E-state index in [1.807, 2.05) is 0 Å². The van der Waals surface area contributed by atoms with Gasteiger partial charge in [0.25, 0.3) is 0 Å². The highest BCUT2D eigenvalue weighted by molar-refractivity contribution is 9.08. The van der Waals surface area contributed by atoms with Crippen molar-refractivity contribution in [2.24, 2.45) is 0 Å². The Morgan fingerprint density at radius 3 is 2.53 bits per heavy atom. The lowest BCUT2D eigenvalue weighted by Gasteiger charge is -2.19. The van der Waals surface area contributed by atoms with Crippen LogP contribution in [0.25, 0.3) is 0 Å². The molecule has 0 aliphatic heterocycles. The predicted octanol–water partition coefficient (Wildman–Crippen LogP) is 4.99. The van der Waals surface area contributed by atoms with Gasteiger partial charge in [-0.25, -0.2) is 0 Å². The first kappa shape index (κ1) is 12.9. The zero-order valence-electron chi connectivity index (χ0n) is 10.5. The Kier molecular flexibility index (Phi) is 4.90. The molecule has 2 rings (SSSR count). The van der Waals surface area contributed by atoms with E-state index in [0.717, 1.165) is 11.1 Å². The Labute approximate surface area is 113 Å². The van der Waals surface area contributed by atoms with E-state index in [9.17, 15) is 0 Å². The van der Waals surface area contributed by atoms with Gasteiger partial charge in [-0.1, -0.05) is 46.5 Å². The first-order valence-corrected chi connectivity index (χ1v) is 7.74. The van der Waals surface area contributed by atoms with Crippen molar-refractivity contribution in [3.05, 3.63) is 29.3 Å². The summed E-state index contributed by atoms with van der Waals surface area (Å²) in [7, 11) is 0. The van der Waals surface area contributed by atoms with Crippen LogP contribution in [-0.2, 0) is 5.33 Å². The molecule has 17 heavy (non-hydrogen) atoms. The summed E-state index contributed by atoms with van der Waals surface area (Å²) in [5, 5.41) is 0.872. The van der Waals surface area contributed by atoms with Gasteiger partial charge in [-0.15, -0.1) is 0 Å². The first-order valence-electron chi connectivity index (χ1n) is 6.62. The highest BCUT2D eigenvalue weighted by Gasteiger charge is 2.15. The summed E-state index contributed by atoms with van der Waals surface area (Å²) >= 11 is 3.54. The van der Waals surface area contributed by atoms with Crippen LogP contribution < -0.4 is 4.74 Å². The molecule has 1 aromatic rings. The molecule has 0 atom stereocenters. The standard InChI is InChI=1S/C15H21BrO/c1-12-8-9-15(13(10-12)11-16)17-14-6-4-2-3-5-7-14/h8-10,14H,2-7,11H2,1H3. The van der Waals surface area contributed by atoms with Crippen molar-refractivity contribution in [2.45, 2.75) is 56.9 Å². The molecule has 0 unspecified atom stereocenters. The lowest BCUT2D eigenvalue weighted by molar-refractivity contribution is 0.182. The molecular weight excluding hydrogens is 276 g/mol. The van der Waals surface area contributed by atoms with Crippen molar-refractivity contribution in [2.75, 3.05) is 0 Å². The lowest BCUT2D eigenvalue weighted by atomic mass is 10.1. The van der Waals surface area contributed by atoms with Gasteiger partial charge in [0.05, 0.1) is 6.10 Å². The topological polar surface area (TPSA) is 9.23 Å². The van der Waals surface area contributed by atoms with E-state index in [4.69, 9.17) is 4.74 Å². The van der Waals surface area contributed by atoms with E-state index >= 15 is 0 Å². The molecule has 0 amide bonds. The molecule has 0 spiro atoms. The second kappa shape index (κ2) is 6.44. The average Bonchev–Trinajstić information content (AvgIpc) is 2.60. The summed E-state index contributed by atoms with van der Waals surface area (Å²) in [6.45, 7) is 2.13. The molecule has 1 aliphatic rings. The Morgan fingerprint density at radius 2 is 1.88 bits per heavy atom. The van der Waals surface area contributed by atoms with E-state index in [1.54, 1.807) is 0 Å². The van der Waals surface area contributed by atoms with Gasteiger partial charge in [-0.3, -0.25) is 0 Å². The molecule has 0 N–H and O–H groups in total. The molecule has 1 nitrogen and oxygen atoms in total. The summed E-state index contributed by atoms with van der Waals surface area (Å²) in [6.07, 6.45) is 8.25. The number of rotatable bonds is 3. The van der Waals surface area contributed by atoms with E-state index in [1.165, 1.54) is 49.7 Å². The van der Waals surface area contributed by atoms with Crippen LogP contribution in [0.5, 0.6) is 5.75 Å². The van der Waals surface area contributed by atoms with Gasteiger partial charge in [0, 0.05) is 10.9 Å².